The minimum absolute atomic E-state index is 0. The third-order valence-corrected chi connectivity index (χ3v) is 4.19. The van der Waals surface area contributed by atoms with Crippen molar-refractivity contribution >= 4 is 24.8 Å². The van der Waals surface area contributed by atoms with Gasteiger partial charge in [-0.15, -0.1) is 24.8 Å². The van der Waals surface area contributed by atoms with Gasteiger partial charge >= 0.3 is 0 Å². The Balaban J connectivity index is 0.00000200. The average Bonchev–Trinajstić information content (AvgIpc) is 2.75. The van der Waals surface area contributed by atoms with Crippen LogP contribution in [0.2, 0.25) is 0 Å². The first-order valence-corrected chi connectivity index (χ1v) is 7.74. The fraction of sp³-hybridized carbons (Fsp3) is 0.750. The molecule has 1 saturated heterocycles. The van der Waals surface area contributed by atoms with E-state index in [2.05, 4.69) is 37.1 Å². The Morgan fingerprint density at radius 1 is 1.19 bits per heavy atom. The highest BCUT2D eigenvalue weighted by Gasteiger charge is 2.24. The van der Waals surface area contributed by atoms with Gasteiger partial charge < -0.3 is 9.73 Å². The van der Waals surface area contributed by atoms with Crippen molar-refractivity contribution in [3.8, 4) is 0 Å². The van der Waals surface area contributed by atoms with Gasteiger partial charge in [-0.25, -0.2) is 0 Å². The van der Waals surface area contributed by atoms with Gasteiger partial charge in [-0.05, 0) is 31.9 Å². The molecule has 0 unspecified atom stereocenters. The van der Waals surface area contributed by atoms with Gasteiger partial charge in [0.05, 0.1) is 6.04 Å². The Morgan fingerprint density at radius 2 is 1.86 bits per heavy atom. The SMILES string of the molecule is CCCCC[C@@H](c1cc(C)c(C)o1)N1CCNCC1.Cl.Cl. The second-order valence-corrected chi connectivity index (χ2v) is 5.69. The molecule has 3 nitrogen and oxygen atoms in total. The Kier molecular flexibility index (Phi) is 10.4. The topological polar surface area (TPSA) is 28.4 Å². The zero-order valence-electron chi connectivity index (χ0n) is 13.5. The van der Waals surface area contributed by atoms with Crippen LogP contribution in [0.4, 0.5) is 0 Å². The quantitative estimate of drug-likeness (QED) is 0.786. The molecule has 1 fully saturated rings. The van der Waals surface area contributed by atoms with Crippen LogP contribution in [0, 0.1) is 13.8 Å². The van der Waals surface area contributed by atoms with Crippen LogP contribution in [0.5, 0.6) is 0 Å². The lowest BCUT2D eigenvalue weighted by molar-refractivity contribution is 0.143. The van der Waals surface area contributed by atoms with Gasteiger partial charge in [0, 0.05) is 26.2 Å². The molecule has 0 spiro atoms. The minimum Gasteiger partial charge on any atom is -0.464 e. The molecule has 0 saturated carbocycles. The van der Waals surface area contributed by atoms with Crippen LogP contribution in [0.1, 0.15) is 55.7 Å². The summed E-state index contributed by atoms with van der Waals surface area (Å²) in [4.78, 5) is 2.59. The standard InChI is InChI=1S/C16H28N2O.2ClH/c1-4-5-6-7-15(18-10-8-17-9-11-18)16-12-13(2)14(3)19-16;;/h12,15,17H,4-11H2,1-3H3;2*1H/t15-;;/m0../s1. The van der Waals surface area contributed by atoms with E-state index in [-0.39, 0.29) is 24.8 Å². The molecule has 2 rings (SSSR count). The van der Waals surface area contributed by atoms with Crippen molar-refractivity contribution in [2.24, 2.45) is 0 Å². The largest absolute Gasteiger partial charge is 0.464 e. The molecule has 21 heavy (non-hydrogen) atoms. The molecule has 0 aliphatic carbocycles. The molecule has 0 radical (unpaired) electrons. The van der Waals surface area contributed by atoms with E-state index in [1.54, 1.807) is 0 Å². The van der Waals surface area contributed by atoms with Crippen molar-refractivity contribution in [3.05, 3.63) is 23.2 Å². The predicted octanol–water partition coefficient (Wildman–Crippen LogP) is 4.27. The molecule has 1 N–H and O–H groups in total. The molecule has 124 valence electrons. The first-order chi connectivity index (χ1) is 9.22. The summed E-state index contributed by atoms with van der Waals surface area (Å²) in [5.74, 6) is 2.25. The van der Waals surface area contributed by atoms with E-state index < -0.39 is 0 Å². The van der Waals surface area contributed by atoms with Crippen molar-refractivity contribution in [1.82, 2.24) is 10.2 Å². The van der Waals surface area contributed by atoms with E-state index >= 15 is 0 Å². The number of halogens is 2. The van der Waals surface area contributed by atoms with Crippen LogP contribution in [-0.2, 0) is 0 Å². The van der Waals surface area contributed by atoms with Crippen molar-refractivity contribution < 1.29 is 4.42 Å². The number of piperazine rings is 1. The monoisotopic (exact) mass is 336 g/mol. The molecule has 0 amide bonds. The summed E-state index contributed by atoms with van der Waals surface area (Å²) < 4.78 is 6.00. The highest BCUT2D eigenvalue weighted by Crippen LogP contribution is 2.30. The number of aryl methyl sites for hydroxylation is 2. The van der Waals surface area contributed by atoms with E-state index in [1.165, 1.54) is 37.0 Å². The van der Waals surface area contributed by atoms with Gasteiger partial charge in [-0.3, -0.25) is 4.90 Å². The lowest BCUT2D eigenvalue weighted by atomic mass is 10.0. The lowest BCUT2D eigenvalue weighted by Crippen LogP contribution is -2.45. The number of hydrogen-bond donors (Lipinski definition) is 1. The summed E-state index contributed by atoms with van der Waals surface area (Å²) in [7, 11) is 0. The first kappa shape index (κ1) is 20.8. The van der Waals surface area contributed by atoms with Crippen LogP contribution in [0.3, 0.4) is 0 Å². The number of hydrogen-bond acceptors (Lipinski definition) is 3. The van der Waals surface area contributed by atoms with Gasteiger partial charge in [0.25, 0.3) is 0 Å². The van der Waals surface area contributed by atoms with Gasteiger partial charge in [-0.2, -0.15) is 0 Å². The number of rotatable bonds is 6. The Bertz CT molecular complexity index is 370. The highest BCUT2D eigenvalue weighted by molar-refractivity contribution is 5.85. The molecule has 0 aromatic carbocycles. The fourth-order valence-corrected chi connectivity index (χ4v) is 2.85. The summed E-state index contributed by atoms with van der Waals surface area (Å²) >= 11 is 0. The molecule has 1 atom stereocenters. The van der Waals surface area contributed by atoms with E-state index in [1.807, 2.05) is 0 Å². The number of nitrogens with zero attached hydrogens (tertiary/aromatic N) is 1. The third-order valence-electron chi connectivity index (χ3n) is 4.19. The highest BCUT2D eigenvalue weighted by atomic mass is 35.5. The molecule has 1 aromatic rings. The maximum Gasteiger partial charge on any atom is 0.121 e. The predicted molar refractivity (Wildman–Crippen MR) is 94.0 cm³/mol. The zero-order valence-corrected chi connectivity index (χ0v) is 15.1. The van der Waals surface area contributed by atoms with Crippen molar-refractivity contribution in [1.29, 1.82) is 0 Å². The Hall–Kier alpha value is -0.220. The summed E-state index contributed by atoms with van der Waals surface area (Å²) in [6, 6.07) is 2.72. The van der Waals surface area contributed by atoms with Gasteiger partial charge in [0.1, 0.15) is 11.5 Å². The lowest BCUT2D eigenvalue weighted by Gasteiger charge is -2.34. The molecular weight excluding hydrogens is 307 g/mol. The van der Waals surface area contributed by atoms with Crippen LogP contribution < -0.4 is 5.32 Å². The third kappa shape index (κ3) is 5.82. The van der Waals surface area contributed by atoms with E-state index in [9.17, 15) is 0 Å². The molecule has 1 aromatic heterocycles. The number of unbranched alkanes of at least 4 members (excludes halogenated alkanes) is 2. The van der Waals surface area contributed by atoms with Crippen molar-refractivity contribution in [2.75, 3.05) is 26.2 Å². The first-order valence-electron chi connectivity index (χ1n) is 7.74. The molecule has 2 heterocycles. The summed E-state index contributed by atoms with van der Waals surface area (Å²) in [5.41, 5.74) is 1.28. The van der Waals surface area contributed by atoms with Crippen LogP contribution in [0.25, 0.3) is 0 Å². The van der Waals surface area contributed by atoms with E-state index in [0.29, 0.717) is 6.04 Å². The Morgan fingerprint density at radius 3 is 2.38 bits per heavy atom. The molecular formula is C16H30Cl2N2O. The van der Waals surface area contributed by atoms with Crippen molar-refractivity contribution in [2.45, 2.75) is 52.5 Å². The van der Waals surface area contributed by atoms with Gasteiger partial charge in [0.2, 0.25) is 0 Å². The van der Waals surface area contributed by atoms with E-state index in [0.717, 1.165) is 31.9 Å². The fourth-order valence-electron chi connectivity index (χ4n) is 2.85. The average molecular weight is 337 g/mol. The van der Waals surface area contributed by atoms with Gasteiger partial charge in [-0.1, -0.05) is 26.2 Å². The maximum atomic E-state index is 6.00. The molecule has 1 aliphatic rings. The van der Waals surface area contributed by atoms with Crippen LogP contribution in [0.15, 0.2) is 10.5 Å². The van der Waals surface area contributed by atoms with Crippen LogP contribution in [-0.4, -0.2) is 31.1 Å². The summed E-state index contributed by atoms with van der Waals surface area (Å²) in [6.07, 6.45) is 5.12. The van der Waals surface area contributed by atoms with Gasteiger partial charge in [0.15, 0.2) is 0 Å². The number of furan rings is 1. The maximum absolute atomic E-state index is 6.00. The normalized spacial score (nSPS) is 16.9. The smallest absolute Gasteiger partial charge is 0.121 e. The van der Waals surface area contributed by atoms with Crippen LogP contribution >= 0.6 is 24.8 Å². The zero-order chi connectivity index (χ0) is 13.7. The molecule has 0 bridgehead atoms. The Labute approximate surface area is 141 Å². The second-order valence-electron chi connectivity index (χ2n) is 5.69. The molecule has 1 aliphatic heterocycles. The number of nitrogens with one attached hydrogen (secondary N) is 1. The summed E-state index contributed by atoms with van der Waals surface area (Å²) in [5, 5.41) is 3.43. The van der Waals surface area contributed by atoms with Crippen molar-refractivity contribution in [3.63, 3.8) is 0 Å². The summed E-state index contributed by atoms with van der Waals surface area (Å²) in [6.45, 7) is 10.9. The second kappa shape index (κ2) is 10.5. The van der Waals surface area contributed by atoms with E-state index in [4.69, 9.17) is 4.42 Å². The minimum atomic E-state index is 0. The molecule has 5 heteroatoms.